The SMILES string of the molecule is COCCOCCCS(=O)(=O)NC(=O)c1nc(N(Cc2ccc(OC(F)(F)F)cc2)c2ccc(C#N)cc2)sc1C. The topological polar surface area (TPSA) is 131 Å². The number of hydrogen-bond donors (Lipinski definition) is 1. The Balaban J connectivity index is 1.80. The highest BCUT2D eigenvalue weighted by Gasteiger charge is 2.31. The molecule has 0 saturated heterocycles. The van der Waals surface area contributed by atoms with Gasteiger partial charge in [-0.15, -0.1) is 24.5 Å². The Hall–Kier alpha value is -3.71. The Kier molecular flexibility index (Phi) is 11.1. The monoisotopic (exact) mass is 612 g/mol. The van der Waals surface area contributed by atoms with Crippen LogP contribution < -0.4 is 14.4 Å². The molecule has 2 aromatic carbocycles. The summed E-state index contributed by atoms with van der Waals surface area (Å²) in [6, 6.07) is 13.8. The Bertz CT molecular complexity index is 1450. The van der Waals surface area contributed by atoms with Crippen molar-refractivity contribution in [2.45, 2.75) is 26.3 Å². The van der Waals surface area contributed by atoms with Gasteiger partial charge in [0.25, 0.3) is 5.91 Å². The van der Waals surface area contributed by atoms with Crippen molar-refractivity contribution >= 4 is 38.1 Å². The minimum atomic E-state index is -4.82. The van der Waals surface area contributed by atoms with Gasteiger partial charge >= 0.3 is 6.36 Å². The number of amides is 1. The number of sulfonamides is 1. The predicted octanol–water partition coefficient (Wildman–Crippen LogP) is 4.67. The molecule has 1 N–H and O–H groups in total. The lowest BCUT2D eigenvalue weighted by atomic mass is 10.1. The molecule has 1 amide bonds. The molecule has 0 unspecified atom stereocenters. The van der Waals surface area contributed by atoms with Crippen LogP contribution >= 0.6 is 11.3 Å². The number of ether oxygens (including phenoxy) is 3. The lowest BCUT2D eigenvalue weighted by molar-refractivity contribution is -0.274. The lowest BCUT2D eigenvalue weighted by Gasteiger charge is -2.22. The predicted molar refractivity (Wildman–Crippen MR) is 146 cm³/mol. The van der Waals surface area contributed by atoms with Crippen molar-refractivity contribution < 1.29 is 40.6 Å². The highest BCUT2D eigenvalue weighted by atomic mass is 32.2. The zero-order valence-corrected chi connectivity index (χ0v) is 23.7. The molecule has 3 rings (SSSR count). The van der Waals surface area contributed by atoms with E-state index in [0.717, 1.165) is 11.3 Å². The van der Waals surface area contributed by atoms with E-state index in [0.29, 0.717) is 40.0 Å². The summed E-state index contributed by atoms with van der Waals surface area (Å²) >= 11 is 1.13. The molecule has 3 aromatic rings. The number of anilines is 2. The number of aryl methyl sites for hydroxylation is 1. The van der Waals surface area contributed by atoms with E-state index in [-0.39, 0.29) is 36.8 Å². The normalized spacial score (nSPS) is 11.6. The average Bonchev–Trinajstić information content (AvgIpc) is 3.30. The molecule has 0 atom stereocenters. The standard InChI is InChI=1S/C26H27F3N4O6S2/c1-18-23(24(34)32-41(35,36)15-3-12-38-14-13-37-2)31-25(40-18)33(21-8-4-19(16-30)5-9-21)17-20-6-10-22(11-7-20)39-26(27,28)29/h4-11H,3,12-15,17H2,1-2H3,(H,32,34). The first-order chi connectivity index (χ1) is 19.4. The van der Waals surface area contributed by atoms with E-state index in [1.54, 1.807) is 36.1 Å². The van der Waals surface area contributed by atoms with Gasteiger partial charge in [-0.1, -0.05) is 12.1 Å². The van der Waals surface area contributed by atoms with Crippen molar-refractivity contribution in [1.29, 1.82) is 5.26 Å². The van der Waals surface area contributed by atoms with E-state index in [2.05, 4.69) is 9.72 Å². The Morgan fingerprint density at radius 2 is 1.78 bits per heavy atom. The summed E-state index contributed by atoms with van der Waals surface area (Å²) in [4.78, 5) is 19.4. The molecular formula is C26H27F3N4O6S2. The van der Waals surface area contributed by atoms with Crippen LogP contribution in [-0.2, 0) is 26.0 Å². The van der Waals surface area contributed by atoms with Crippen molar-refractivity contribution in [2.75, 3.05) is 37.6 Å². The highest BCUT2D eigenvalue weighted by Crippen LogP contribution is 2.34. The van der Waals surface area contributed by atoms with Gasteiger partial charge < -0.3 is 19.1 Å². The molecule has 0 bridgehead atoms. The van der Waals surface area contributed by atoms with Gasteiger partial charge in [0.15, 0.2) is 5.13 Å². The van der Waals surface area contributed by atoms with Crippen molar-refractivity contribution in [2.24, 2.45) is 0 Å². The van der Waals surface area contributed by atoms with Crippen LogP contribution in [0.15, 0.2) is 48.5 Å². The van der Waals surface area contributed by atoms with Crippen LogP contribution in [0.25, 0.3) is 0 Å². The fourth-order valence-corrected chi connectivity index (χ4v) is 5.41. The van der Waals surface area contributed by atoms with Crippen molar-refractivity contribution in [3.63, 3.8) is 0 Å². The minimum Gasteiger partial charge on any atom is -0.406 e. The van der Waals surface area contributed by atoms with E-state index < -0.39 is 22.3 Å². The molecule has 0 aliphatic rings. The highest BCUT2D eigenvalue weighted by molar-refractivity contribution is 7.90. The van der Waals surface area contributed by atoms with E-state index in [4.69, 9.17) is 14.7 Å². The maximum absolute atomic E-state index is 12.9. The number of nitriles is 1. The zero-order chi connectivity index (χ0) is 30.0. The second kappa shape index (κ2) is 14.3. The summed E-state index contributed by atoms with van der Waals surface area (Å²) in [6.07, 6.45) is -4.65. The summed E-state index contributed by atoms with van der Waals surface area (Å²) in [6.45, 7) is 2.64. The zero-order valence-electron chi connectivity index (χ0n) is 22.1. The molecule has 41 heavy (non-hydrogen) atoms. The molecule has 220 valence electrons. The van der Waals surface area contributed by atoms with E-state index in [1.165, 1.54) is 31.4 Å². The summed E-state index contributed by atoms with van der Waals surface area (Å²) in [5.41, 5.74) is 1.50. The number of hydrogen-bond acceptors (Lipinski definition) is 10. The summed E-state index contributed by atoms with van der Waals surface area (Å²) in [7, 11) is -2.44. The van der Waals surface area contributed by atoms with Crippen LogP contribution in [-0.4, -0.2) is 58.4 Å². The van der Waals surface area contributed by atoms with E-state index in [9.17, 15) is 26.4 Å². The molecule has 0 saturated carbocycles. The van der Waals surface area contributed by atoms with Crippen LogP contribution in [0.5, 0.6) is 5.75 Å². The number of alkyl halides is 3. The van der Waals surface area contributed by atoms with Gasteiger partial charge in [-0.05, 0) is 55.3 Å². The number of nitrogens with zero attached hydrogens (tertiary/aromatic N) is 3. The Morgan fingerprint density at radius 3 is 2.39 bits per heavy atom. The van der Waals surface area contributed by atoms with Crippen LogP contribution in [0.3, 0.4) is 0 Å². The van der Waals surface area contributed by atoms with E-state index in [1.807, 2.05) is 10.8 Å². The van der Waals surface area contributed by atoms with E-state index >= 15 is 0 Å². The molecule has 1 heterocycles. The van der Waals surface area contributed by atoms with Crippen molar-refractivity contribution in [3.05, 3.63) is 70.2 Å². The molecule has 0 fully saturated rings. The quantitative estimate of drug-likeness (QED) is 0.258. The number of methoxy groups -OCH3 is 1. The first-order valence-electron chi connectivity index (χ1n) is 12.1. The number of rotatable bonds is 14. The second-order valence-corrected chi connectivity index (χ2v) is 11.6. The number of carbonyl (C=O) groups is 1. The molecule has 10 nitrogen and oxygen atoms in total. The molecule has 0 aliphatic carbocycles. The summed E-state index contributed by atoms with van der Waals surface area (Å²) in [5.74, 6) is -1.59. The first kappa shape index (κ1) is 31.8. The molecule has 1 aromatic heterocycles. The number of halogens is 3. The molecule has 0 aliphatic heterocycles. The number of nitrogens with one attached hydrogen (secondary N) is 1. The fraction of sp³-hybridized carbons (Fsp3) is 0.346. The minimum absolute atomic E-state index is 0.0857. The molecule has 0 radical (unpaired) electrons. The van der Waals surface area contributed by atoms with Gasteiger partial charge in [-0.3, -0.25) is 4.79 Å². The van der Waals surface area contributed by atoms with Crippen LogP contribution in [0, 0.1) is 18.3 Å². The number of benzene rings is 2. The summed E-state index contributed by atoms with van der Waals surface area (Å²) in [5, 5.41) is 9.48. The second-order valence-electron chi connectivity index (χ2n) is 8.55. The first-order valence-corrected chi connectivity index (χ1v) is 14.6. The molecule has 0 spiro atoms. The Morgan fingerprint density at radius 1 is 1.10 bits per heavy atom. The van der Waals surface area contributed by atoms with Crippen molar-refractivity contribution in [3.8, 4) is 11.8 Å². The molecular weight excluding hydrogens is 585 g/mol. The third kappa shape index (κ3) is 10.0. The van der Waals surface area contributed by atoms with Gasteiger partial charge in [-0.25, -0.2) is 18.1 Å². The average molecular weight is 613 g/mol. The third-order valence-electron chi connectivity index (χ3n) is 5.42. The van der Waals surface area contributed by atoms with Gasteiger partial charge in [0, 0.05) is 24.3 Å². The van der Waals surface area contributed by atoms with Gasteiger partial charge in [-0.2, -0.15) is 5.26 Å². The largest absolute Gasteiger partial charge is 0.573 e. The smallest absolute Gasteiger partial charge is 0.406 e. The maximum Gasteiger partial charge on any atom is 0.573 e. The third-order valence-corrected chi connectivity index (χ3v) is 7.74. The number of thiazole rings is 1. The van der Waals surface area contributed by atoms with Gasteiger partial charge in [0.1, 0.15) is 11.4 Å². The lowest BCUT2D eigenvalue weighted by Crippen LogP contribution is -2.33. The molecule has 15 heteroatoms. The maximum atomic E-state index is 12.9. The van der Waals surface area contributed by atoms with Crippen LogP contribution in [0.2, 0.25) is 0 Å². The Labute approximate surface area is 239 Å². The van der Waals surface area contributed by atoms with Crippen LogP contribution in [0.1, 0.15) is 32.9 Å². The number of aromatic nitrogens is 1. The number of carbonyl (C=O) groups excluding carboxylic acids is 1. The fourth-order valence-electron chi connectivity index (χ4n) is 3.51. The van der Waals surface area contributed by atoms with Gasteiger partial charge in [0.2, 0.25) is 10.0 Å². The summed E-state index contributed by atoms with van der Waals surface area (Å²) < 4.78 is 78.6. The van der Waals surface area contributed by atoms with Crippen molar-refractivity contribution in [1.82, 2.24) is 9.71 Å². The van der Waals surface area contributed by atoms with Gasteiger partial charge in [0.05, 0.1) is 37.1 Å². The van der Waals surface area contributed by atoms with Crippen LogP contribution in [0.4, 0.5) is 24.0 Å².